The van der Waals surface area contributed by atoms with E-state index in [1.54, 1.807) is 12.2 Å². The van der Waals surface area contributed by atoms with Gasteiger partial charge in [0.1, 0.15) is 0 Å². The fourth-order valence-corrected chi connectivity index (χ4v) is 3.20. The molecule has 0 fully saturated rings. The molecule has 158 valence electrons. The summed E-state index contributed by atoms with van der Waals surface area (Å²) in [5.74, 6) is -1.99. The minimum Gasteiger partial charge on any atom is -0.347 e. The molecule has 0 unspecified atom stereocenters. The quantitative estimate of drug-likeness (QED) is 0.477. The van der Waals surface area contributed by atoms with Crippen molar-refractivity contribution in [1.29, 1.82) is 0 Å². The van der Waals surface area contributed by atoms with Gasteiger partial charge in [-0.2, -0.15) is 13.2 Å². The highest BCUT2D eigenvalue weighted by Gasteiger charge is 2.32. The number of carbonyl (C=O) groups excluding carboxylic acids is 2. The van der Waals surface area contributed by atoms with Crippen LogP contribution >= 0.6 is 0 Å². The van der Waals surface area contributed by atoms with Crippen LogP contribution < -0.4 is 10.6 Å². The molecule has 0 saturated heterocycles. The molecule has 0 radical (unpaired) electrons. The molecule has 0 spiro atoms. The van der Waals surface area contributed by atoms with Crippen molar-refractivity contribution >= 4 is 17.5 Å². The maximum Gasteiger partial charge on any atom is 0.416 e. The van der Waals surface area contributed by atoms with Crippen molar-refractivity contribution in [2.24, 2.45) is 0 Å². The van der Waals surface area contributed by atoms with Gasteiger partial charge in [0.25, 0.3) is 0 Å². The first-order valence-electron chi connectivity index (χ1n) is 9.25. The Bertz CT molecular complexity index is 898. The third-order valence-corrected chi connectivity index (χ3v) is 4.70. The molecule has 0 aromatic heterocycles. The van der Waals surface area contributed by atoms with Gasteiger partial charge >= 0.3 is 18.0 Å². The Morgan fingerprint density at radius 1 is 0.867 bits per heavy atom. The molecule has 0 aliphatic heterocycles. The molecular weight excluding hydrogens is 393 g/mol. The van der Waals surface area contributed by atoms with Gasteiger partial charge in [-0.3, -0.25) is 9.59 Å². The maximum atomic E-state index is 12.8. The number of nitrogens with one attached hydrogen (secondary N) is 2. The zero-order chi connectivity index (χ0) is 22.2. The van der Waals surface area contributed by atoms with Crippen LogP contribution in [0.5, 0.6) is 0 Å². The molecule has 4 nitrogen and oxygen atoms in total. The molecule has 2 rings (SSSR count). The fraction of sp³-hybridized carbons (Fsp3) is 0.217. The van der Waals surface area contributed by atoms with Crippen LogP contribution in [0.2, 0.25) is 0 Å². The van der Waals surface area contributed by atoms with Crippen molar-refractivity contribution in [2.75, 3.05) is 11.9 Å². The van der Waals surface area contributed by atoms with Gasteiger partial charge in [0.2, 0.25) is 0 Å². The zero-order valence-corrected chi connectivity index (χ0v) is 16.3. The first kappa shape index (κ1) is 22.9. The Kier molecular flexibility index (Phi) is 7.58. The average molecular weight is 416 g/mol. The lowest BCUT2D eigenvalue weighted by Crippen LogP contribution is -2.44. The van der Waals surface area contributed by atoms with Crippen molar-refractivity contribution in [3.05, 3.63) is 91.0 Å². The summed E-state index contributed by atoms with van der Waals surface area (Å²) >= 11 is 0. The van der Waals surface area contributed by atoms with Crippen LogP contribution in [-0.2, 0) is 21.2 Å². The maximum absolute atomic E-state index is 12.8. The second kappa shape index (κ2) is 9.91. The highest BCUT2D eigenvalue weighted by atomic mass is 19.4. The molecule has 2 aromatic rings. The van der Waals surface area contributed by atoms with E-state index in [9.17, 15) is 22.8 Å². The minimum atomic E-state index is -4.55. The zero-order valence-electron chi connectivity index (χ0n) is 16.3. The molecule has 7 heteroatoms. The molecule has 0 saturated carbocycles. The van der Waals surface area contributed by atoms with E-state index in [2.05, 4.69) is 23.8 Å². The smallest absolute Gasteiger partial charge is 0.347 e. The summed E-state index contributed by atoms with van der Waals surface area (Å²) in [7, 11) is 0. The van der Waals surface area contributed by atoms with Gasteiger partial charge in [-0.1, -0.05) is 48.6 Å². The molecule has 2 aromatic carbocycles. The molecule has 0 bridgehead atoms. The van der Waals surface area contributed by atoms with E-state index in [-0.39, 0.29) is 12.2 Å². The third-order valence-electron chi connectivity index (χ3n) is 4.70. The number of hydrogen-bond donors (Lipinski definition) is 2. The van der Waals surface area contributed by atoms with Gasteiger partial charge in [0.05, 0.1) is 5.56 Å². The van der Waals surface area contributed by atoms with Crippen molar-refractivity contribution in [1.82, 2.24) is 5.32 Å². The van der Waals surface area contributed by atoms with E-state index in [1.807, 2.05) is 30.3 Å². The predicted octanol–water partition coefficient (Wildman–Crippen LogP) is 4.85. The van der Waals surface area contributed by atoms with Gasteiger partial charge in [0.15, 0.2) is 0 Å². The standard InChI is InChI=1S/C23H23F3N2O2/c1-3-13-22(14-4-2,17-9-6-5-7-10-17)16-27-20(29)21(30)28-19-12-8-11-18(15-19)23(24,25)26/h3-12,15H,1-2,13-14,16H2,(H,27,29)(H,28,30). The second-order valence-corrected chi connectivity index (χ2v) is 6.85. The van der Waals surface area contributed by atoms with Crippen LogP contribution in [-0.4, -0.2) is 18.4 Å². The summed E-state index contributed by atoms with van der Waals surface area (Å²) in [6.45, 7) is 7.69. The van der Waals surface area contributed by atoms with Gasteiger partial charge < -0.3 is 10.6 Å². The lowest BCUT2D eigenvalue weighted by atomic mass is 9.74. The molecular formula is C23H23F3N2O2. The topological polar surface area (TPSA) is 58.2 Å². The Morgan fingerprint density at radius 3 is 2.03 bits per heavy atom. The van der Waals surface area contributed by atoms with Crippen molar-refractivity contribution < 1.29 is 22.8 Å². The Balaban J connectivity index is 2.12. The first-order valence-corrected chi connectivity index (χ1v) is 9.25. The molecule has 0 aliphatic carbocycles. The largest absolute Gasteiger partial charge is 0.416 e. The molecule has 0 heterocycles. The number of anilines is 1. The van der Waals surface area contributed by atoms with E-state index in [0.717, 1.165) is 23.8 Å². The normalized spacial score (nSPS) is 11.4. The summed E-state index contributed by atoms with van der Waals surface area (Å²) in [6, 6.07) is 13.6. The van der Waals surface area contributed by atoms with Crippen LogP contribution in [0.25, 0.3) is 0 Å². The monoisotopic (exact) mass is 416 g/mol. The average Bonchev–Trinajstić information content (AvgIpc) is 2.72. The summed E-state index contributed by atoms with van der Waals surface area (Å²) in [5, 5.41) is 4.79. The highest BCUT2D eigenvalue weighted by molar-refractivity contribution is 6.39. The van der Waals surface area contributed by atoms with Gasteiger partial charge in [-0.05, 0) is 36.6 Å². The number of carbonyl (C=O) groups is 2. The van der Waals surface area contributed by atoms with Crippen LogP contribution in [0.15, 0.2) is 79.9 Å². The summed E-state index contributed by atoms with van der Waals surface area (Å²) < 4.78 is 38.4. The number of rotatable bonds is 8. The summed E-state index contributed by atoms with van der Waals surface area (Å²) in [6.07, 6.45) is -0.0402. The Hall–Kier alpha value is -3.35. The van der Waals surface area contributed by atoms with E-state index >= 15 is 0 Å². The predicted molar refractivity (Wildman–Crippen MR) is 111 cm³/mol. The number of amides is 2. The van der Waals surface area contributed by atoms with E-state index < -0.39 is 29.0 Å². The van der Waals surface area contributed by atoms with Crippen molar-refractivity contribution in [3.8, 4) is 0 Å². The van der Waals surface area contributed by atoms with Gasteiger partial charge in [-0.15, -0.1) is 13.2 Å². The van der Waals surface area contributed by atoms with Gasteiger partial charge in [0, 0.05) is 17.6 Å². The molecule has 0 atom stereocenters. The van der Waals surface area contributed by atoms with Crippen LogP contribution in [0.4, 0.5) is 18.9 Å². The van der Waals surface area contributed by atoms with Crippen molar-refractivity contribution in [2.45, 2.75) is 24.4 Å². The second-order valence-electron chi connectivity index (χ2n) is 6.85. The van der Waals surface area contributed by atoms with E-state index in [0.29, 0.717) is 12.8 Å². The third kappa shape index (κ3) is 5.83. The summed E-state index contributed by atoms with van der Waals surface area (Å²) in [4.78, 5) is 24.5. The lowest BCUT2D eigenvalue weighted by molar-refractivity contribution is -0.137. The Labute approximate surface area is 173 Å². The number of benzene rings is 2. The van der Waals surface area contributed by atoms with E-state index in [1.165, 1.54) is 6.07 Å². The minimum absolute atomic E-state index is 0.114. The Morgan fingerprint density at radius 2 is 1.47 bits per heavy atom. The summed E-state index contributed by atoms with van der Waals surface area (Å²) in [5.41, 5.74) is -0.627. The number of allylic oxidation sites excluding steroid dienone is 2. The highest BCUT2D eigenvalue weighted by Crippen LogP contribution is 2.32. The van der Waals surface area contributed by atoms with Crippen LogP contribution in [0.1, 0.15) is 24.0 Å². The molecule has 30 heavy (non-hydrogen) atoms. The van der Waals surface area contributed by atoms with Crippen LogP contribution in [0.3, 0.4) is 0 Å². The fourth-order valence-electron chi connectivity index (χ4n) is 3.20. The van der Waals surface area contributed by atoms with E-state index in [4.69, 9.17) is 0 Å². The number of alkyl halides is 3. The van der Waals surface area contributed by atoms with Gasteiger partial charge in [-0.25, -0.2) is 0 Å². The number of halogens is 3. The number of hydrogen-bond acceptors (Lipinski definition) is 2. The SMILES string of the molecule is C=CCC(CC=C)(CNC(=O)C(=O)Nc1cccc(C(F)(F)F)c1)c1ccccc1. The lowest BCUT2D eigenvalue weighted by Gasteiger charge is -2.33. The molecule has 0 aliphatic rings. The molecule has 2 amide bonds. The van der Waals surface area contributed by atoms with Crippen molar-refractivity contribution in [3.63, 3.8) is 0 Å². The molecule has 2 N–H and O–H groups in total. The van der Waals surface area contributed by atoms with Crippen LogP contribution in [0, 0.1) is 0 Å². The first-order chi connectivity index (χ1) is 14.2.